The van der Waals surface area contributed by atoms with E-state index in [9.17, 15) is 30.0 Å². The predicted octanol–water partition coefficient (Wildman–Crippen LogP) is -4.60. The third kappa shape index (κ3) is 2.80. The molecule has 9 N–H and O–H groups in total. The minimum atomic E-state index is -1.56. The van der Waals surface area contributed by atoms with E-state index in [2.05, 4.69) is 9.97 Å². The zero-order valence-electron chi connectivity index (χ0n) is 13.5. The summed E-state index contributed by atoms with van der Waals surface area (Å²) in [4.78, 5) is 31.3. The number of hydrogen-bond acceptors (Lipinski definition) is 10. The molecule has 0 radical (unpaired) electrons. The van der Waals surface area contributed by atoms with Crippen LogP contribution in [0.5, 0.6) is 0 Å². The van der Waals surface area contributed by atoms with Gasteiger partial charge in [0.1, 0.15) is 18.3 Å². The van der Waals surface area contributed by atoms with Crippen LogP contribution >= 0.6 is 0 Å². The second-order valence-corrected chi connectivity index (χ2v) is 6.00. The van der Waals surface area contributed by atoms with Crippen LogP contribution in [0, 0.1) is 0 Å². The molecule has 0 aliphatic carbocycles. The summed E-state index contributed by atoms with van der Waals surface area (Å²) in [6.07, 6.45) is -6.68. The van der Waals surface area contributed by atoms with E-state index in [4.69, 9.17) is 16.2 Å². The first kappa shape index (κ1) is 18.5. The molecule has 0 bridgehead atoms. The molecule has 2 aromatic rings. The van der Waals surface area contributed by atoms with Crippen molar-refractivity contribution in [3.05, 3.63) is 20.8 Å². The molecule has 1 fully saturated rings. The molecule has 1 aliphatic rings. The maximum Gasteiger partial charge on any atom is 0.332 e. The van der Waals surface area contributed by atoms with Crippen molar-refractivity contribution in [3.63, 3.8) is 0 Å². The van der Waals surface area contributed by atoms with Gasteiger partial charge < -0.3 is 36.6 Å². The standard InChI is InChI=1S/C13H20N6O7/c14-1-4(21)2-18-6-9(16-12(15)17-10(6)24)19(13(18)25)11-8(23)7(22)5(3-20)26-11/h4-5,7-8,11,20-23H,1-3,14H2,(H3,15,16,17,24)/t4?,5-,7-,8-,11-/m1/s1. The molecule has 2 aromatic heterocycles. The van der Waals surface area contributed by atoms with Gasteiger partial charge >= 0.3 is 5.69 Å². The molecule has 1 saturated heterocycles. The summed E-state index contributed by atoms with van der Waals surface area (Å²) in [5, 5.41) is 39.1. The van der Waals surface area contributed by atoms with E-state index in [1.54, 1.807) is 0 Å². The smallest absolute Gasteiger partial charge is 0.332 e. The third-order valence-electron chi connectivity index (χ3n) is 4.27. The van der Waals surface area contributed by atoms with Gasteiger partial charge in [-0.05, 0) is 0 Å². The lowest BCUT2D eigenvalue weighted by Crippen LogP contribution is -2.37. The minimum absolute atomic E-state index is 0.159. The number of anilines is 1. The number of rotatable bonds is 5. The molecule has 3 heterocycles. The minimum Gasteiger partial charge on any atom is -0.394 e. The van der Waals surface area contributed by atoms with E-state index in [0.717, 1.165) is 9.13 Å². The Morgan fingerprint density at radius 2 is 2.00 bits per heavy atom. The SMILES string of the molecule is NCC(O)Cn1c(=O)n([C@@H]2O[C@H](CO)[C@@H](O)[C@H]2O)c2nc(N)[nH]c(=O)c21. The average molecular weight is 372 g/mol. The molecule has 1 unspecified atom stereocenters. The Balaban J connectivity index is 2.24. The van der Waals surface area contributed by atoms with Crippen LogP contribution in [0.15, 0.2) is 9.59 Å². The van der Waals surface area contributed by atoms with Crippen LogP contribution in [-0.4, -0.2) is 77.1 Å². The third-order valence-corrected chi connectivity index (χ3v) is 4.27. The van der Waals surface area contributed by atoms with Crippen molar-refractivity contribution in [2.45, 2.75) is 37.2 Å². The molecule has 26 heavy (non-hydrogen) atoms. The monoisotopic (exact) mass is 372 g/mol. The molecule has 0 aromatic carbocycles. The van der Waals surface area contributed by atoms with Crippen molar-refractivity contribution < 1.29 is 25.2 Å². The van der Waals surface area contributed by atoms with E-state index in [0.29, 0.717) is 0 Å². The molecular weight excluding hydrogens is 352 g/mol. The van der Waals surface area contributed by atoms with Gasteiger partial charge in [0, 0.05) is 6.54 Å². The van der Waals surface area contributed by atoms with E-state index in [1.807, 2.05) is 0 Å². The van der Waals surface area contributed by atoms with Gasteiger partial charge in [0.25, 0.3) is 5.56 Å². The predicted molar refractivity (Wildman–Crippen MR) is 87.1 cm³/mol. The number of fused-ring (bicyclic) bond motifs is 1. The number of nitrogens with two attached hydrogens (primary N) is 2. The summed E-state index contributed by atoms with van der Waals surface area (Å²) in [6, 6.07) is 0. The fourth-order valence-corrected chi connectivity index (χ4v) is 2.98. The Morgan fingerprint density at radius 3 is 2.58 bits per heavy atom. The van der Waals surface area contributed by atoms with Crippen LogP contribution in [0.3, 0.4) is 0 Å². The summed E-state index contributed by atoms with van der Waals surface area (Å²) in [7, 11) is 0. The highest BCUT2D eigenvalue weighted by Gasteiger charge is 2.45. The second-order valence-electron chi connectivity index (χ2n) is 6.00. The van der Waals surface area contributed by atoms with Gasteiger partial charge in [0.15, 0.2) is 17.4 Å². The first-order valence-corrected chi connectivity index (χ1v) is 7.81. The number of hydrogen-bond donors (Lipinski definition) is 7. The van der Waals surface area contributed by atoms with Gasteiger partial charge in [-0.2, -0.15) is 4.98 Å². The summed E-state index contributed by atoms with van der Waals surface area (Å²) >= 11 is 0. The van der Waals surface area contributed by atoms with Crippen molar-refractivity contribution in [3.8, 4) is 0 Å². The zero-order valence-corrected chi connectivity index (χ0v) is 13.5. The highest BCUT2D eigenvalue weighted by Crippen LogP contribution is 2.30. The number of aliphatic hydroxyl groups is 4. The molecule has 13 heteroatoms. The van der Waals surface area contributed by atoms with E-state index in [-0.39, 0.29) is 30.2 Å². The Labute approximate surface area is 145 Å². The van der Waals surface area contributed by atoms with Gasteiger partial charge in [-0.3, -0.25) is 14.3 Å². The number of aliphatic hydroxyl groups excluding tert-OH is 4. The van der Waals surface area contributed by atoms with Gasteiger partial charge in [-0.15, -0.1) is 0 Å². The first-order valence-electron chi connectivity index (χ1n) is 7.81. The van der Waals surface area contributed by atoms with Crippen molar-refractivity contribution in [1.82, 2.24) is 19.1 Å². The molecule has 3 rings (SSSR count). The number of ether oxygens (including phenoxy) is 1. The molecule has 0 spiro atoms. The van der Waals surface area contributed by atoms with E-state index < -0.39 is 48.5 Å². The Morgan fingerprint density at radius 1 is 1.31 bits per heavy atom. The van der Waals surface area contributed by atoms with Crippen LogP contribution in [0.2, 0.25) is 0 Å². The normalized spacial score (nSPS) is 27.3. The Hall–Kier alpha value is -2.29. The zero-order chi connectivity index (χ0) is 19.2. The number of nitrogen functional groups attached to an aromatic ring is 1. The fourth-order valence-electron chi connectivity index (χ4n) is 2.98. The average Bonchev–Trinajstić information content (AvgIpc) is 3.02. The van der Waals surface area contributed by atoms with E-state index >= 15 is 0 Å². The number of H-pyrrole nitrogens is 1. The number of imidazole rings is 1. The number of nitrogens with one attached hydrogen (secondary N) is 1. The lowest BCUT2D eigenvalue weighted by molar-refractivity contribution is -0.0528. The maximum absolute atomic E-state index is 12.8. The highest BCUT2D eigenvalue weighted by molar-refractivity contribution is 5.71. The Kier molecular flexibility index (Phi) is 4.83. The van der Waals surface area contributed by atoms with Gasteiger partial charge in [-0.1, -0.05) is 0 Å². The van der Waals surface area contributed by atoms with Gasteiger partial charge in [0.2, 0.25) is 5.95 Å². The van der Waals surface area contributed by atoms with Crippen LogP contribution in [0.1, 0.15) is 6.23 Å². The lowest BCUT2D eigenvalue weighted by Gasteiger charge is -2.15. The van der Waals surface area contributed by atoms with Crippen LogP contribution in [0.4, 0.5) is 5.95 Å². The topological polar surface area (TPSA) is 215 Å². The molecule has 144 valence electrons. The summed E-state index contributed by atoms with van der Waals surface area (Å²) in [6.45, 7) is -1.06. The second kappa shape index (κ2) is 6.79. The quantitative estimate of drug-likeness (QED) is 0.266. The van der Waals surface area contributed by atoms with Crippen LogP contribution < -0.4 is 22.7 Å². The van der Waals surface area contributed by atoms with Crippen molar-refractivity contribution in [1.29, 1.82) is 0 Å². The van der Waals surface area contributed by atoms with E-state index in [1.165, 1.54) is 0 Å². The highest BCUT2D eigenvalue weighted by atomic mass is 16.6. The lowest BCUT2D eigenvalue weighted by atomic mass is 10.1. The molecule has 1 aliphatic heterocycles. The maximum atomic E-state index is 12.8. The van der Waals surface area contributed by atoms with Crippen LogP contribution in [0.25, 0.3) is 11.2 Å². The molecule has 0 saturated carbocycles. The first-order chi connectivity index (χ1) is 12.3. The van der Waals surface area contributed by atoms with Gasteiger partial charge in [0.05, 0.1) is 19.3 Å². The van der Waals surface area contributed by atoms with Crippen molar-refractivity contribution in [2.75, 3.05) is 18.9 Å². The van der Waals surface area contributed by atoms with Crippen molar-refractivity contribution >= 4 is 17.1 Å². The number of nitrogens with zero attached hydrogens (tertiary/aromatic N) is 3. The summed E-state index contributed by atoms with van der Waals surface area (Å²) in [5.74, 6) is -0.278. The molecular formula is C13H20N6O7. The van der Waals surface area contributed by atoms with Gasteiger partial charge in [-0.25, -0.2) is 9.36 Å². The van der Waals surface area contributed by atoms with Crippen LogP contribution in [-0.2, 0) is 11.3 Å². The number of aromatic amines is 1. The largest absolute Gasteiger partial charge is 0.394 e. The molecule has 0 amide bonds. The number of aromatic nitrogens is 4. The van der Waals surface area contributed by atoms with Crippen molar-refractivity contribution in [2.24, 2.45) is 5.73 Å². The summed E-state index contributed by atoms with van der Waals surface area (Å²) < 4.78 is 7.15. The fraction of sp³-hybridized carbons (Fsp3) is 0.615. The Bertz CT molecular complexity index is 920. The molecule has 5 atom stereocenters. The summed E-state index contributed by atoms with van der Waals surface area (Å²) in [5.41, 5.74) is 8.94. The molecule has 13 nitrogen and oxygen atoms in total.